The molecule has 0 amide bonds. The number of aromatic amines is 1. The average molecular weight is 136 g/mol. The highest BCUT2D eigenvalue weighted by Gasteiger charge is 2.00. The van der Waals surface area contributed by atoms with Crippen LogP contribution in [0.5, 0.6) is 0 Å². The van der Waals surface area contributed by atoms with E-state index in [0.717, 1.165) is 0 Å². The van der Waals surface area contributed by atoms with Gasteiger partial charge in [-0.2, -0.15) is 0 Å². The zero-order chi connectivity index (χ0) is 7.40. The largest absolute Gasteiger partial charge is 0.342 e. The van der Waals surface area contributed by atoms with Crippen LogP contribution < -0.4 is 0 Å². The highest BCUT2D eigenvalue weighted by molar-refractivity contribution is 6.01. The van der Waals surface area contributed by atoms with Crippen molar-refractivity contribution in [2.24, 2.45) is 0 Å². The Morgan fingerprint density at radius 2 is 2.60 bits per heavy atom. The maximum atomic E-state index is 10.9. The number of imidazole rings is 1. The van der Waals surface area contributed by atoms with Crippen molar-refractivity contribution in [1.82, 2.24) is 9.97 Å². The van der Waals surface area contributed by atoms with Gasteiger partial charge < -0.3 is 4.98 Å². The van der Waals surface area contributed by atoms with Crippen LogP contribution in [0.3, 0.4) is 0 Å². The second kappa shape index (κ2) is 2.96. The maximum Gasteiger partial charge on any atom is 0.220 e. The van der Waals surface area contributed by atoms with E-state index < -0.39 is 0 Å². The van der Waals surface area contributed by atoms with Gasteiger partial charge in [-0.15, -0.1) is 0 Å². The minimum Gasteiger partial charge on any atom is -0.342 e. The molecule has 3 nitrogen and oxygen atoms in total. The lowest BCUT2D eigenvalue weighted by Crippen LogP contribution is -1.95. The van der Waals surface area contributed by atoms with Crippen LogP contribution in [0, 0.1) is 0 Å². The second-order valence-electron chi connectivity index (χ2n) is 1.80. The molecule has 0 atom stereocenters. The molecule has 1 rings (SSSR count). The van der Waals surface area contributed by atoms with Crippen LogP contribution in [0.2, 0.25) is 0 Å². The molecule has 0 spiro atoms. The molecule has 0 saturated heterocycles. The fourth-order valence-electron chi connectivity index (χ4n) is 0.630. The molecule has 0 aliphatic rings. The summed E-state index contributed by atoms with van der Waals surface area (Å²) >= 11 is 0. The van der Waals surface area contributed by atoms with Crippen molar-refractivity contribution in [3.8, 4) is 0 Å². The quantitative estimate of drug-likeness (QED) is 0.490. The molecule has 0 fully saturated rings. The van der Waals surface area contributed by atoms with Crippen molar-refractivity contribution in [2.45, 2.75) is 6.92 Å². The van der Waals surface area contributed by atoms with Crippen LogP contribution >= 0.6 is 0 Å². The summed E-state index contributed by atoms with van der Waals surface area (Å²) in [7, 11) is 0. The van der Waals surface area contributed by atoms with E-state index in [1.807, 2.05) is 0 Å². The van der Waals surface area contributed by atoms with E-state index >= 15 is 0 Å². The number of nitrogens with one attached hydrogen (secondary N) is 1. The lowest BCUT2D eigenvalue weighted by Gasteiger charge is -1.83. The first kappa shape index (κ1) is 6.74. The highest BCUT2D eigenvalue weighted by atomic mass is 16.1. The van der Waals surface area contributed by atoms with Crippen molar-refractivity contribution in [2.75, 3.05) is 0 Å². The Labute approximate surface area is 58.8 Å². The van der Waals surface area contributed by atoms with Crippen molar-refractivity contribution < 1.29 is 4.79 Å². The van der Waals surface area contributed by atoms with Crippen LogP contribution in [0.15, 0.2) is 24.5 Å². The summed E-state index contributed by atoms with van der Waals surface area (Å²) in [6.45, 7) is 1.79. The first-order valence-corrected chi connectivity index (χ1v) is 3.01. The number of carbonyl (C=O) groups excluding carboxylic acids is 1. The van der Waals surface area contributed by atoms with E-state index in [9.17, 15) is 4.79 Å². The van der Waals surface area contributed by atoms with Crippen LogP contribution in [-0.4, -0.2) is 15.8 Å². The van der Waals surface area contributed by atoms with Gasteiger partial charge in [0, 0.05) is 12.4 Å². The predicted octanol–water partition coefficient (Wildman–Crippen LogP) is 1.17. The topological polar surface area (TPSA) is 45.8 Å². The van der Waals surface area contributed by atoms with E-state index in [2.05, 4.69) is 9.97 Å². The number of hydrogen-bond acceptors (Lipinski definition) is 2. The molecule has 0 unspecified atom stereocenters. The maximum absolute atomic E-state index is 10.9. The molecule has 3 heteroatoms. The fourth-order valence-corrected chi connectivity index (χ4v) is 0.630. The van der Waals surface area contributed by atoms with Gasteiger partial charge in [-0.1, -0.05) is 6.08 Å². The van der Waals surface area contributed by atoms with Crippen LogP contribution in [0.25, 0.3) is 0 Å². The predicted molar refractivity (Wildman–Crippen MR) is 37.7 cm³/mol. The number of H-pyrrole nitrogens is 1. The summed E-state index contributed by atoms with van der Waals surface area (Å²) in [4.78, 5) is 17.4. The monoisotopic (exact) mass is 136 g/mol. The number of aromatic nitrogens is 2. The molecule has 52 valence electrons. The molecule has 1 N–H and O–H groups in total. The highest BCUT2D eigenvalue weighted by Crippen LogP contribution is 1.91. The Hall–Kier alpha value is -1.38. The minimum absolute atomic E-state index is 0.0903. The van der Waals surface area contributed by atoms with Crippen molar-refractivity contribution >= 4 is 5.78 Å². The van der Waals surface area contributed by atoms with Crippen LogP contribution in [0.4, 0.5) is 0 Å². The summed E-state index contributed by atoms with van der Waals surface area (Å²) in [5, 5.41) is 0. The third kappa shape index (κ3) is 1.31. The number of nitrogens with zero attached hydrogens (tertiary/aromatic N) is 1. The smallest absolute Gasteiger partial charge is 0.220 e. The molecule has 0 aliphatic carbocycles. The van der Waals surface area contributed by atoms with Gasteiger partial charge in [-0.05, 0) is 13.0 Å². The first-order chi connectivity index (χ1) is 4.84. The molecule has 0 aliphatic heterocycles. The van der Waals surface area contributed by atoms with Gasteiger partial charge in [0.2, 0.25) is 5.78 Å². The van der Waals surface area contributed by atoms with E-state index in [0.29, 0.717) is 5.82 Å². The molecule has 0 saturated carbocycles. The molecule has 0 aromatic carbocycles. The zero-order valence-corrected chi connectivity index (χ0v) is 5.66. The number of allylic oxidation sites excluding steroid dienone is 2. The molecular weight excluding hydrogens is 128 g/mol. The number of ketones is 1. The third-order valence-corrected chi connectivity index (χ3v) is 1.05. The Bertz CT molecular complexity index is 236. The lowest BCUT2D eigenvalue weighted by molar-refractivity contribution is 0.103. The minimum atomic E-state index is -0.0903. The molecule has 10 heavy (non-hydrogen) atoms. The second-order valence-corrected chi connectivity index (χ2v) is 1.80. The number of carbonyl (C=O) groups is 1. The van der Waals surface area contributed by atoms with E-state index in [1.54, 1.807) is 25.4 Å². The molecule has 1 heterocycles. The van der Waals surface area contributed by atoms with Gasteiger partial charge in [0.05, 0.1) is 0 Å². The summed E-state index contributed by atoms with van der Waals surface area (Å²) in [6.07, 6.45) is 6.33. The van der Waals surface area contributed by atoms with E-state index in [1.165, 1.54) is 6.08 Å². The SMILES string of the molecule is C/C=C/C(=O)c1ncc[nH]1. The van der Waals surface area contributed by atoms with Gasteiger partial charge in [0.15, 0.2) is 5.82 Å². The zero-order valence-electron chi connectivity index (χ0n) is 5.66. The average Bonchev–Trinajstić information content (AvgIpc) is 2.38. The summed E-state index contributed by atoms with van der Waals surface area (Å²) in [5.74, 6) is 0.297. The lowest BCUT2D eigenvalue weighted by atomic mass is 10.3. The summed E-state index contributed by atoms with van der Waals surface area (Å²) in [6, 6.07) is 0. The van der Waals surface area contributed by atoms with Crippen molar-refractivity contribution in [3.05, 3.63) is 30.4 Å². The standard InChI is InChI=1S/C7H8N2O/c1-2-3-6(10)7-8-4-5-9-7/h2-5H,1H3,(H,8,9)/b3-2+. The van der Waals surface area contributed by atoms with Gasteiger partial charge in [-0.3, -0.25) is 4.79 Å². The molecular formula is C7H8N2O. The van der Waals surface area contributed by atoms with E-state index in [4.69, 9.17) is 0 Å². The van der Waals surface area contributed by atoms with Crippen molar-refractivity contribution in [3.63, 3.8) is 0 Å². The summed E-state index contributed by atoms with van der Waals surface area (Å²) in [5.41, 5.74) is 0. The summed E-state index contributed by atoms with van der Waals surface area (Å²) < 4.78 is 0. The van der Waals surface area contributed by atoms with Gasteiger partial charge >= 0.3 is 0 Å². The molecule has 1 aromatic heterocycles. The first-order valence-electron chi connectivity index (χ1n) is 3.01. The normalized spacial score (nSPS) is 10.5. The van der Waals surface area contributed by atoms with Crippen molar-refractivity contribution in [1.29, 1.82) is 0 Å². The Balaban J connectivity index is 2.78. The molecule has 0 bridgehead atoms. The van der Waals surface area contributed by atoms with Crippen LogP contribution in [-0.2, 0) is 0 Å². The van der Waals surface area contributed by atoms with Gasteiger partial charge in [0.25, 0.3) is 0 Å². The molecule has 0 radical (unpaired) electrons. The van der Waals surface area contributed by atoms with Gasteiger partial charge in [0.1, 0.15) is 0 Å². The van der Waals surface area contributed by atoms with E-state index in [-0.39, 0.29) is 5.78 Å². The fraction of sp³-hybridized carbons (Fsp3) is 0.143. The Morgan fingerprint density at radius 3 is 3.10 bits per heavy atom. The number of hydrogen-bond donors (Lipinski definition) is 1. The Kier molecular flexibility index (Phi) is 1.99. The van der Waals surface area contributed by atoms with Crippen LogP contribution in [0.1, 0.15) is 17.5 Å². The third-order valence-electron chi connectivity index (χ3n) is 1.05. The molecule has 1 aromatic rings. The Morgan fingerprint density at radius 1 is 1.80 bits per heavy atom. The van der Waals surface area contributed by atoms with Gasteiger partial charge in [-0.25, -0.2) is 4.98 Å². The number of rotatable bonds is 2.